The lowest BCUT2D eigenvalue weighted by Gasteiger charge is -2.13. The first-order chi connectivity index (χ1) is 8.40. The largest absolute Gasteiger partial charge is 0.346 e. The summed E-state index contributed by atoms with van der Waals surface area (Å²) in [4.78, 5) is 12.3. The van der Waals surface area contributed by atoms with Gasteiger partial charge in [0, 0.05) is 17.4 Å². The van der Waals surface area contributed by atoms with Crippen molar-refractivity contribution >= 4 is 40.3 Å². The highest BCUT2D eigenvalue weighted by atomic mass is 32.2. The van der Waals surface area contributed by atoms with Crippen LogP contribution in [0.25, 0.3) is 6.08 Å². The molecular weight excluding hydrogens is 264 g/mol. The third kappa shape index (κ3) is 2.37. The fraction of sp³-hybridized carbons (Fsp3) is 0.385. The van der Waals surface area contributed by atoms with Gasteiger partial charge in [0.2, 0.25) is 0 Å². The molecule has 0 unspecified atom stereocenters. The fourth-order valence-corrected chi connectivity index (χ4v) is 3.34. The number of hydrogen-bond donors (Lipinski definition) is 1. The zero-order chi connectivity index (χ0) is 13.4. The third-order valence-electron chi connectivity index (χ3n) is 2.97. The summed E-state index contributed by atoms with van der Waals surface area (Å²) >= 11 is 6.30. The van der Waals surface area contributed by atoms with Gasteiger partial charge in [-0.05, 0) is 45.4 Å². The number of carbonyl (C=O) groups is 1. The smallest absolute Gasteiger partial charge is 0.263 e. The predicted octanol–water partition coefficient (Wildman–Crippen LogP) is 3.17. The van der Waals surface area contributed by atoms with Gasteiger partial charge in [0.25, 0.3) is 5.91 Å². The third-order valence-corrected chi connectivity index (χ3v) is 4.13. The molecule has 2 rings (SSSR count). The van der Waals surface area contributed by atoms with Crippen LogP contribution in [-0.4, -0.2) is 14.8 Å². The van der Waals surface area contributed by atoms with Crippen molar-refractivity contribution in [2.75, 3.05) is 0 Å². The first-order valence-corrected chi connectivity index (χ1v) is 7.06. The van der Waals surface area contributed by atoms with E-state index in [1.807, 2.05) is 6.08 Å². The Bertz CT molecular complexity index is 556. The average molecular weight is 280 g/mol. The number of aryl methyl sites for hydroxylation is 1. The molecule has 96 valence electrons. The zero-order valence-corrected chi connectivity index (χ0v) is 12.5. The van der Waals surface area contributed by atoms with E-state index in [1.165, 1.54) is 23.1 Å². The number of aromatic nitrogens is 1. The van der Waals surface area contributed by atoms with Gasteiger partial charge in [-0.15, -0.1) is 0 Å². The number of rotatable bonds is 2. The molecule has 18 heavy (non-hydrogen) atoms. The Labute approximate surface area is 117 Å². The monoisotopic (exact) mass is 280 g/mol. The first kappa shape index (κ1) is 13.4. The Hall–Kier alpha value is -1.07. The van der Waals surface area contributed by atoms with Gasteiger partial charge < -0.3 is 9.88 Å². The Balaban J connectivity index is 2.42. The molecular formula is C13H16N2OS2. The van der Waals surface area contributed by atoms with Crippen LogP contribution in [0, 0.1) is 13.8 Å². The number of carbonyl (C=O) groups excluding carboxylic acids is 1. The van der Waals surface area contributed by atoms with Crippen LogP contribution in [0.15, 0.2) is 11.0 Å². The van der Waals surface area contributed by atoms with Crippen molar-refractivity contribution in [1.29, 1.82) is 0 Å². The summed E-state index contributed by atoms with van der Waals surface area (Å²) in [5, 5.41) is 2.63. The van der Waals surface area contributed by atoms with Crippen molar-refractivity contribution in [3.05, 3.63) is 27.9 Å². The fourth-order valence-electron chi connectivity index (χ4n) is 2.31. The highest BCUT2D eigenvalue weighted by molar-refractivity contribution is 8.26. The molecule has 1 aliphatic heterocycles. The van der Waals surface area contributed by atoms with E-state index < -0.39 is 0 Å². The Kier molecular flexibility index (Phi) is 3.64. The SMILES string of the molecule is Cc1cc(C=C2SC(=S)NC2=O)c(C)n1C(C)C. The number of nitrogens with one attached hydrogen (secondary N) is 1. The van der Waals surface area contributed by atoms with E-state index in [1.54, 1.807) is 0 Å². The van der Waals surface area contributed by atoms with Crippen LogP contribution in [0.2, 0.25) is 0 Å². The molecule has 0 spiro atoms. The summed E-state index contributed by atoms with van der Waals surface area (Å²) in [5.41, 5.74) is 3.48. The van der Waals surface area contributed by atoms with Crippen LogP contribution in [-0.2, 0) is 4.79 Å². The van der Waals surface area contributed by atoms with Crippen LogP contribution in [0.1, 0.15) is 36.8 Å². The van der Waals surface area contributed by atoms with Crippen LogP contribution < -0.4 is 5.32 Å². The maximum Gasteiger partial charge on any atom is 0.263 e. The molecule has 0 radical (unpaired) electrons. The first-order valence-electron chi connectivity index (χ1n) is 5.83. The van der Waals surface area contributed by atoms with E-state index in [0.29, 0.717) is 15.3 Å². The van der Waals surface area contributed by atoms with Gasteiger partial charge in [-0.3, -0.25) is 4.79 Å². The van der Waals surface area contributed by atoms with Gasteiger partial charge in [0.05, 0.1) is 4.91 Å². The summed E-state index contributed by atoms with van der Waals surface area (Å²) in [6, 6.07) is 2.53. The van der Waals surface area contributed by atoms with E-state index >= 15 is 0 Å². The molecule has 2 heterocycles. The van der Waals surface area contributed by atoms with E-state index in [-0.39, 0.29) is 5.91 Å². The molecule has 5 heteroatoms. The lowest BCUT2D eigenvalue weighted by molar-refractivity contribution is -0.115. The van der Waals surface area contributed by atoms with Crippen molar-refractivity contribution < 1.29 is 4.79 Å². The molecule has 0 atom stereocenters. The minimum atomic E-state index is -0.0978. The second-order valence-electron chi connectivity index (χ2n) is 4.64. The van der Waals surface area contributed by atoms with Crippen molar-refractivity contribution in [1.82, 2.24) is 9.88 Å². The highest BCUT2D eigenvalue weighted by Crippen LogP contribution is 2.28. The molecule has 1 N–H and O–H groups in total. The molecule has 0 aromatic carbocycles. The van der Waals surface area contributed by atoms with Crippen LogP contribution >= 0.6 is 24.0 Å². The highest BCUT2D eigenvalue weighted by Gasteiger charge is 2.22. The van der Waals surface area contributed by atoms with Gasteiger partial charge in [0.1, 0.15) is 4.32 Å². The van der Waals surface area contributed by atoms with Crippen LogP contribution in [0.5, 0.6) is 0 Å². The Morgan fingerprint density at radius 1 is 1.44 bits per heavy atom. The van der Waals surface area contributed by atoms with E-state index in [0.717, 1.165) is 5.56 Å². The topological polar surface area (TPSA) is 34.0 Å². The summed E-state index contributed by atoms with van der Waals surface area (Å²) in [5.74, 6) is -0.0978. The minimum absolute atomic E-state index is 0.0978. The van der Waals surface area contributed by atoms with E-state index in [9.17, 15) is 4.79 Å². The molecule has 1 aliphatic rings. The van der Waals surface area contributed by atoms with Gasteiger partial charge in [0.15, 0.2) is 0 Å². The Morgan fingerprint density at radius 3 is 2.56 bits per heavy atom. The van der Waals surface area contributed by atoms with Gasteiger partial charge in [-0.25, -0.2) is 0 Å². The van der Waals surface area contributed by atoms with E-state index in [2.05, 4.69) is 43.6 Å². The van der Waals surface area contributed by atoms with Crippen molar-refractivity contribution in [3.8, 4) is 0 Å². The quantitative estimate of drug-likeness (QED) is 0.667. The maximum atomic E-state index is 11.6. The average Bonchev–Trinajstić information content (AvgIpc) is 2.69. The predicted molar refractivity (Wildman–Crippen MR) is 80.6 cm³/mol. The number of nitrogens with zero attached hydrogens (tertiary/aromatic N) is 1. The summed E-state index contributed by atoms with van der Waals surface area (Å²) in [6.45, 7) is 8.48. The van der Waals surface area contributed by atoms with Gasteiger partial charge >= 0.3 is 0 Å². The molecule has 0 saturated carbocycles. The molecule has 1 aromatic heterocycles. The van der Waals surface area contributed by atoms with Crippen molar-refractivity contribution in [2.45, 2.75) is 33.7 Å². The van der Waals surface area contributed by atoms with Gasteiger partial charge in [-0.1, -0.05) is 24.0 Å². The molecule has 1 fully saturated rings. The summed E-state index contributed by atoms with van der Waals surface area (Å²) in [7, 11) is 0. The summed E-state index contributed by atoms with van der Waals surface area (Å²) < 4.78 is 2.80. The molecule has 1 saturated heterocycles. The van der Waals surface area contributed by atoms with Crippen LogP contribution in [0.3, 0.4) is 0 Å². The van der Waals surface area contributed by atoms with Crippen molar-refractivity contribution in [3.63, 3.8) is 0 Å². The minimum Gasteiger partial charge on any atom is -0.346 e. The normalized spacial score (nSPS) is 17.9. The van der Waals surface area contributed by atoms with E-state index in [4.69, 9.17) is 12.2 Å². The number of thiocarbonyl (C=S) groups is 1. The molecule has 1 amide bonds. The second-order valence-corrected chi connectivity index (χ2v) is 6.36. The lowest BCUT2D eigenvalue weighted by Crippen LogP contribution is -2.17. The molecule has 1 aromatic rings. The number of amides is 1. The lowest BCUT2D eigenvalue weighted by atomic mass is 10.2. The van der Waals surface area contributed by atoms with Crippen molar-refractivity contribution in [2.24, 2.45) is 0 Å². The standard InChI is InChI=1S/C13H16N2OS2/c1-7(2)15-8(3)5-10(9(15)4)6-11-12(16)14-13(17)18-11/h5-7H,1-4H3,(H,14,16,17). The summed E-state index contributed by atoms with van der Waals surface area (Å²) in [6.07, 6.45) is 1.92. The maximum absolute atomic E-state index is 11.6. The zero-order valence-electron chi connectivity index (χ0n) is 10.9. The Morgan fingerprint density at radius 2 is 2.11 bits per heavy atom. The van der Waals surface area contributed by atoms with Crippen LogP contribution in [0.4, 0.5) is 0 Å². The second kappa shape index (κ2) is 4.90. The molecule has 0 aliphatic carbocycles. The molecule has 3 nitrogen and oxygen atoms in total. The number of hydrogen-bond acceptors (Lipinski definition) is 3. The van der Waals surface area contributed by atoms with Gasteiger partial charge in [-0.2, -0.15) is 0 Å². The molecule has 0 bridgehead atoms. The number of thioether (sulfide) groups is 1.